The van der Waals surface area contributed by atoms with Gasteiger partial charge >= 0.3 is 0 Å². The first kappa shape index (κ1) is 16.9. The highest BCUT2D eigenvalue weighted by Gasteiger charge is 2.19. The summed E-state index contributed by atoms with van der Waals surface area (Å²) in [6.45, 7) is 4.89. The topological polar surface area (TPSA) is 3.24 Å². The van der Waals surface area contributed by atoms with Crippen LogP contribution >= 0.6 is 0 Å². The van der Waals surface area contributed by atoms with Crippen molar-refractivity contribution in [2.45, 2.75) is 90.4 Å². The molecule has 1 saturated heterocycles. The van der Waals surface area contributed by atoms with Crippen molar-refractivity contribution in [3.8, 4) is 0 Å². The Morgan fingerprint density at radius 1 is 0.857 bits per heavy atom. The van der Waals surface area contributed by atoms with Gasteiger partial charge in [0.15, 0.2) is 0 Å². The molecular formula is C20H37N. The fourth-order valence-electron chi connectivity index (χ4n) is 4.02. The standard InChI is InChI=1S/C20H37N/c1-2-3-4-5-7-10-19-11-13-20(14-12-19)15-18-21-16-8-6-9-17-21/h15,18-20H,2-14,16-17H2,1H3/b18-15+. The van der Waals surface area contributed by atoms with Crippen LogP contribution in [-0.2, 0) is 0 Å². The maximum Gasteiger partial charge on any atom is 0.0172 e. The Labute approximate surface area is 133 Å². The monoisotopic (exact) mass is 291 g/mol. The number of rotatable bonds is 8. The van der Waals surface area contributed by atoms with Crippen LogP contribution in [0.25, 0.3) is 0 Å². The molecule has 122 valence electrons. The Morgan fingerprint density at radius 3 is 2.29 bits per heavy atom. The fraction of sp³-hybridized carbons (Fsp3) is 0.900. The molecule has 1 saturated carbocycles. The molecule has 2 fully saturated rings. The molecule has 1 aliphatic carbocycles. The highest BCUT2D eigenvalue weighted by molar-refractivity contribution is 4.91. The lowest BCUT2D eigenvalue weighted by molar-refractivity contribution is 0.279. The van der Waals surface area contributed by atoms with Crippen LogP contribution < -0.4 is 0 Å². The second kappa shape index (κ2) is 10.3. The summed E-state index contributed by atoms with van der Waals surface area (Å²) in [5.41, 5.74) is 0. The minimum atomic E-state index is 0.878. The Kier molecular flexibility index (Phi) is 8.29. The minimum Gasteiger partial charge on any atom is -0.378 e. The third-order valence-corrected chi connectivity index (χ3v) is 5.57. The minimum absolute atomic E-state index is 0.878. The molecule has 0 unspecified atom stereocenters. The van der Waals surface area contributed by atoms with E-state index < -0.39 is 0 Å². The normalized spacial score (nSPS) is 27.4. The molecular weight excluding hydrogens is 254 g/mol. The average Bonchev–Trinajstić information content (AvgIpc) is 2.55. The highest BCUT2D eigenvalue weighted by atomic mass is 15.1. The van der Waals surface area contributed by atoms with Crippen LogP contribution in [-0.4, -0.2) is 18.0 Å². The number of piperidine rings is 1. The van der Waals surface area contributed by atoms with E-state index in [0.29, 0.717) is 0 Å². The van der Waals surface area contributed by atoms with Gasteiger partial charge in [-0.25, -0.2) is 0 Å². The molecule has 1 heteroatoms. The van der Waals surface area contributed by atoms with Crippen LogP contribution in [0, 0.1) is 11.8 Å². The predicted molar refractivity (Wildman–Crippen MR) is 93.4 cm³/mol. The third-order valence-electron chi connectivity index (χ3n) is 5.57. The summed E-state index contributed by atoms with van der Waals surface area (Å²) in [5.74, 6) is 1.93. The molecule has 2 rings (SSSR count). The molecule has 21 heavy (non-hydrogen) atoms. The molecule has 0 aromatic carbocycles. The first-order chi connectivity index (χ1) is 10.4. The number of unbranched alkanes of at least 4 members (excludes halogenated alkanes) is 4. The first-order valence-electron chi connectivity index (χ1n) is 9.81. The Balaban J connectivity index is 1.54. The first-order valence-corrected chi connectivity index (χ1v) is 9.81. The number of allylic oxidation sites excluding steroid dienone is 1. The lowest BCUT2D eigenvalue weighted by atomic mass is 9.79. The number of hydrogen-bond acceptors (Lipinski definition) is 1. The van der Waals surface area contributed by atoms with Gasteiger partial charge in [0, 0.05) is 13.1 Å². The van der Waals surface area contributed by atoms with E-state index >= 15 is 0 Å². The number of nitrogens with zero attached hydrogens (tertiary/aromatic N) is 1. The highest BCUT2D eigenvalue weighted by Crippen LogP contribution is 2.32. The van der Waals surface area contributed by atoms with Gasteiger partial charge in [-0.2, -0.15) is 0 Å². The summed E-state index contributed by atoms with van der Waals surface area (Å²) in [6, 6.07) is 0. The zero-order valence-corrected chi connectivity index (χ0v) is 14.4. The van der Waals surface area contributed by atoms with Crippen molar-refractivity contribution in [2.24, 2.45) is 11.8 Å². The van der Waals surface area contributed by atoms with E-state index in [0.717, 1.165) is 11.8 Å². The zero-order valence-electron chi connectivity index (χ0n) is 14.4. The van der Waals surface area contributed by atoms with E-state index in [4.69, 9.17) is 0 Å². The molecule has 0 aromatic rings. The van der Waals surface area contributed by atoms with Gasteiger partial charge in [0.05, 0.1) is 0 Å². The summed E-state index contributed by atoms with van der Waals surface area (Å²) in [7, 11) is 0. The molecule has 0 amide bonds. The van der Waals surface area contributed by atoms with E-state index in [1.54, 1.807) is 0 Å². The van der Waals surface area contributed by atoms with E-state index in [1.807, 2.05) is 0 Å². The largest absolute Gasteiger partial charge is 0.378 e. The molecule has 0 bridgehead atoms. The average molecular weight is 292 g/mol. The van der Waals surface area contributed by atoms with Crippen LogP contribution in [0.5, 0.6) is 0 Å². The van der Waals surface area contributed by atoms with Crippen LogP contribution in [0.2, 0.25) is 0 Å². The van der Waals surface area contributed by atoms with Crippen molar-refractivity contribution >= 4 is 0 Å². The lowest BCUT2D eigenvalue weighted by Gasteiger charge is -2.29. The van der Waals surface area contributed by atoms with Crippen molar-refractivity contribution in [1.29, 1.82) is 0 Å². The Hall–Kier alpha value is -0.460. The molecule has 2 aliphatic rings. The third kappa shape index (κ3) is 6.89. The zero-order chi connectivity index (χ0) is 14.8. The fourth-order valence-corrected chi connectivity index (χ4v) is 4.02. The van der Waals surface area contributed by atoms with Crippen molar-refractivity contribution < 1.29 is 0 Å². The van der Waals surface area contributed by atoms with E-state index in [2.05, 4.69) is 24.1 Å². The van der Waals surface area contributed by atoms with Gasteiger partial charge in [-0.15, -0.1) is 0 Å². The molecule has 1 aliphatic heterocycles. The summed E-state index contributed by atoms with van der Waals surface area (Å²) in [6.07, 6.45) is 23.8. The number of likely N-dealkylation sites (tertiary alicyclic amines) is 1. The molecule has 1 nitrogen and oxygen atoms in total. The predicted octanol–water partition coefficient (Wildman–Crippen LogP) is 6.15. The molecule has 0 radical (unpaired) electrons. The smallest absolute Gasteiger partial charge is 0.0172 e. The Morgan fingerprint density at radius 2 is 1.57 bits per heavy atom. The second-order valence-electron chi connectivity index (χ2n) is 7.42. The summed E-state index contributed by atoms with van der Waals surface area (Å²) in [5, 5.41) is 0. The van der Waals surface area contributed by atoms with Gasteiger partial charge in [0.1, 0.15) is 0 Å². The van der Waals surface area contributed by atoms with Gasteiger partial charge in [-0.05, 0) is 63.0 Å². The van der Waals surface area contributed by atoms with Crippen molar-refractivity contribution in [2.75, 3.05) is 13.1 Å². The molecule has 1 heterocycles. The van der Waals surface area contributed by atoms with Crippen molar-refractivity contribution in [3.05, 3.63) is 12.3 Å². The van der Waals surface area contributed by atoms with Crippen LogP contribution in [0.15, 0.2) is 12.3 Å². The summed E-state index contributed by atoms with van der Waals surface area (Å²) < 4.78 is 0. The second-order valence-corrected chi connectivity index (χ2v) is 7.42. The summed E-state index contributed by atoms with van der Waals surface area (Å²) in [4.78, 5) is 2.54. The van der Waals surface area contributed by atoms with Gasteiger partial charge < -0.3 is 4.90 Å². The Bertz CT molecular complexity index is 270. The molecule has 0 spiro atoms. The van der Waals surface area contributed by atoms with Gasteiger partial charge in [-0.3, -0.25) is 0 Å². The maximum absolute atomic E-state index is 2.54. The van der Waals surface area contributed by atoms with Crippen molar-refractivity contribution in [1.82, 2.24) is 4.90 Å². The SMILES string of the molecule is CCCCCCCC1CCC(/C=C/N2CCCCC2)CC1. The molecule has 0 aromatic heterocycles. The van der Waals surface area contributed by atoms with Crippen LogP contribution in [0.3, 0.4) is 0 Å². The van der Waals surface area contributed by atoms with Crippen molar-refractivity contribution in [3.63, 3.8) is 0 Å². The lowest BCUT2D eigenvalue weighted by Crippen LogP contribution is -2.24. The summed E-state index contributed by atoms with van der Waals surface area (Å²) >= 11 is 0. The van der Waals surface area contributed by atoms with E-state index in [-0.39, 0.29) is 0 Å². The number of hydrogen-bond donors (Lipinski definition) is 0. The van der Waals surface area contributed by atoms with Gasteiger partial charge in [0.25, 0.3) is 0 Å². The van der Waals surface area contributed by atoms with Crippen LogP contribution in [0.4, 0.5) is 0 Å². The van der Waals surface area contributed by atoms with E-state index in [9.17, 15) is 0 Å². The molecule has 0 N–H and O–H groups in total. The maximum atomic E-state index is 2.54. The quantitative estimate of drug-likeness (QED) is 0.485. The van der Waals surface area contributed by atoms with Gasteiger partial charge in [0.2, 0.25) is 0 Å². The van der Waals surface area contributed by atoms with Crippen LogP contribution in [0.1, 0.15) is 90.4 Å². The van der Waals surface area contributed by atoms with E-state index in [1.165, 1.54) is 96.6 Å². The molecule has 0 atom stereocenters. The van der Waals surface area contributed by atoms with Gasteiger partial charge in [-0.1, -0.05) is 51.5 Å².